The molecule has 0 fully saturated rings. The molecule has 0 aliphatic carbocycles. The number of amides is 1. The van der Waals surface area contributed by atoms with Crippen LogP contribution in [0.15, 0.2) is 23.0 Å². The zero-order valence-electron chi connectivity index (χ0n) is 8.32. The van der Waals surface area contributed by atoms with Crippen molar-refractivity contribution in [1.82, 2.24) is 5.32 Å². The molecule has 4 heteroatoms. The van der Waals surface area contributed by atoms with Crippen LogP contribution in [0.3, 0.4) is 0 Å². The summed E-state index contributed by atoms with van der Waals surface area (Å²) in [6.07, 6.45) is 4.82. The zero-order valence-corrected chi connectivity index (χ0v) is 8.32. The molecule has 0 unspecified atom stereocenters. The highest BCUT2D eigenvalue weighted by molar-refractivity contribution is 5.81. The molecule has 3 N–H and O–H groups in total. The lowest BCUT2D eigenvalue weighted by Crippen LogP contribution is -2.39. The van der Waals surface area contributed by atoms with Crippen molar-refractivity contribution < 1.29 is 9.21 Å². The highest BCUT2D eigenvalue weighted by Crippen LogP contribution is 1.99. The molecule has 4 nitrogen and oxygen atoms in total. The molecule has 0 aliphatic heterocycles. The minimum atomic E-state index is -0.396. The minimum absolute atomic E-state index is 0.104. The molecule has 0 saturated carbocycles. The molecule has 1 aromatic rings. The average molecular weight is 196 g/mol. The van der Waals surface area contributed by atoms with Gasteiger partial charge in [0.05, 0.1) is 18.6 Å². The second kappa shape index (κ2) is 5.44. The maximum absolute atomic E-state index is 11.4. The van der Waals surface area contributed by atoms with E-state index in [1.54, 1.807) is 12.5 Å². The van der Waals surface area contributed by atoms with Crippen molar-refractivity contribution >= 4 is 5.91 Å². The van der Waals surface area contributed by atoms with Crippen LogP contribution in [-0.4, -0.2) is 11.9 Å². The summed E-state index contributed by atoms with van der Waals surface area (Å²) in [6.45, 7) is 2.48. The lowest BCUT2D eigenvalue weighted by atomic mass is 10.1. The number of nitrogens with one attached hydrogen (secondary N) is 1. The van der Waals surface area contributed by atoms with Crippen molar-refractivity contribution in [2.24, 2.45) is 5.73 Å². The van der Waals surface area contributed by atoms with Gasteiger partial charge >= 0.3 is 0 Å². The van der Waals surface area contributed by atoms with Crippen LogP contribution in [0, 0.1) is 0 Å². The smallest absolute Gasteiger partial charge is 0.237 e. The van der Waals surface area contributed by atoms with Gasteiger partial charge in [0.1, 0.15) is 0 Å². The summed E-state index contributed by atoms with van der Waals surface area (Å²) in [4.78, 5) is 11.4. The molecular weight excluding hydrogens is 180 g/mol. The highest BCUT2D eigenvalue weighted by Gasteiger charge is 2.11. The minimum Gasteiger partial charge on any atom is -0.472 e. The Balaban J connectivity index is 2.27. The molecule has 1 amide bonds. The van der Waals surface area contributed by atoms with Crippen molar-refractivity contribution in [3.8, 4) is 0 Å². The molecule has 0 bridgehead atoms. The fraction of sp³-hybridized carbons (Fsp3) is 0.500. The number of carbonyl (C=O) groups is 1. The first-order chi connectivity index (χ1) is 6.74. The van der Waals surface area contributed by atoms with Crippen LogP contribution in [0.2, 0.25) is 0 Å². The third kappa shape index (κ3) is 3.22. The van der Waals surface area contributed by atoms with Gasteiger partial charge in [-0.1, -0.05) is 13.3 Å². The second-order valence-electron chi connectivity index (χ2n) is 3.24. The van der Waals surface area contributed by atoms with Crippen molar-refractivity contribution in [3.05, 3.63) is 24.2 Å². The van der Waals surface area contributed by atoms with Gasteiger partial charge in [0.2, 0.25) is 5.91 Å². The number of carbonyl (C=O) groups excluding carboxylic acids is 1. The third-order valence-electron chi connectivity index (χ3n) is 1.98. The van der Waals surface area contributed by atoms with E-state index in [-0.39, 0.29) is 5.91 Å². The van der Waals surface area contributed by atoms with Gasteiger partial charge in [-0.05, 0) is 12.5 Å². The molecule has 1 heterocycles. The normalized spacial score (nSPS) is 12.4. The molecule has 1 atom stereocenters. The van der Waals surface area contributed by atoms with Gasteiger partial charge in [-0.3, -0.25) is 4.79 Å². The van der Waals surface area contributed by atoms with Crippen molar-refractivity contribution in [3.63, 3.8) is 0 Å². The van der Waals surface area contributed by atoms with Gasteiger partial charge in [-0.25, -0.2) is 0 Å². The van der Waals surface area contributed by atoms with Crippen LogP contribution in [0.1, 0.15) is 25.3 Å². The Labute approximate surface area is 83.5 Å². The van der Waals surface area contributed by atoms with Crippen LogP contribution in [-0.2, 0) is 11.3 Å². The first-order valence-electron chi connectivity index (χ1n) is 4.78. The Morgan fingerprint density at radius 1 is 1.71 bits per heavy atom. The van der Waals surface area contributed by atoms with Gasteiger partial charge in [-0.2, -0.15) is 0 Å². The van der Waals surface area contributed by atoms with Crippen LogP contribution in [0.5, 0.6) is 0 Å². The molecule has 1 aromatic heterocycles. The summed E-state index contributed by atoms with van der Waals surface area (Å²) in [7, 11) is 0. The van der Waals surface area contributed by atoms with Gasteiger partial charge in [0, 0.05) is 12.1 Å². The van der Waals surface area contributed by atoms with E-state index >= 15 is 0 Å². The van der Waals surface area contributed by atoms with Gasteiger partial charge in [0.15, 0.2) is 0 Å². The molecule has 0 saturated heterocycles. The third-order valence-corrected chi connectivity index (χ3v) is 1.98. The molecule has 0 aromatic carbocycles. The SMILES string of the molecule is CCC[C@H](N)C(=O)NCc1ccoc1. The first-order valence-corrected chi connectivity index (χ1v) is 4.78. The number of nitrogens with two attached hydrogens (primary N) is 1. The van der Waals surface area contributed by atoms with E-state index in [1.807, 2.05) is 13.0 Å². The highest BCUT2D eigenvalue weighted by atomic mass is 16.3. The van der Waals surface area contributed by atoms with E-state index in [0.29, 0.717) is 6.54 Å². The standard InChI is InChI=1S/C10H16N2O2/c1-2-3-9(11)10(13)12-6-8-4-5-14-7-8/h4-5,7,9H,2-3,6,11H2,1H3,(H,12,13)/t9-/m0/s1. The summed E-state index contributed by atoms with van der Waals surface area (Å²) >= 11 is 0. The van der Waals surface area contributed by atoms with Gasteiger partial charge in [0.25, 0.3) is 0 Å². The number of furan rings is 1. The Morgan fingerprint density at radius 3 is 3.07 bits per heavy atom. The van der Waals surface area contributed by atoms with Gasteiger partial charge < -0.3 is 15.5 Å². The molecule has 0 aliphatic rings. The van der Waals surface area contributed by atoms with E-state index in [0.717, 1.165) is 18.4 Å². The monoisotopic (exact) mass is 196 g/mol. The summed E-state index contributed by atoms with van der Waals surface area (Å²) in [5.41, 5.74) is 6.58. The topological polar surface area (TPSA) is 68.3 Å². The average Bonchev–Trinajstić information content (AvgIpc) is 2.67. The summed E-state index contributed by atoms with van der Waals surface area (Å²) in [5, 5.41) is 2.75. The van der Waals surface area contributed by atoms with Crippen LogP contribution >= 0.6 is 0 Å². The predicted octanol–water partition coefficient (Wildman–Crippen LogP) is 1.02. The Morgan fingerprint density at radius 2 is 2.50 bits per heavy atom. The van der Waals surface area contributed by atoms with Crippen molar-refractivity contribution in [1.29, 1.82) is 0 Å². The maximum atomic E-state index is 11.4. The molecule has 0 radical (unpaired) electrons. The summed E-state index contributed by atoms with van der Waals surface area (Å²) in [5.74, 6) is -0.104. The van der Waals surface area contributed by atoms with Crippen LogP contribution in [0.4, 0.5) is 0 Å². The van der Waals surface area contributed by atoms with Gasteiger partial charge in [-0.15, -0.1) is 0 Å². The predicted molar refractivity (Wildman–Crippen MR) is 53.4 cm³/mol. The molecule has 0 spiro atoms. The Bertz CT molecular complexity index is 270. The van der Waals surface area contributed by atoms with E-state index in [4.69, 9.17) is 10.2 Å². The molecule has 14 heavy (non-hydrogen) atoms. The molecule has 1 rings (SSSR count). The number of hydrogen-bond acceptors (Lipinski definition) is 3. The van der Waals surface area contributed by atoms with E-state index in [9.17, 15) is 4.79 Å². The van der Waals surface area contributed by atoms with E-state index < -0.39 is 6.04 Å². The van der Waals surface area contributed by atoms with E-state index in [1.165, 1.54) is 0 Å². The second-order valence-corrected chi connectivity index (χ2v) is 3.24. The maximum Gasteiger partial charge on any atom is 0.237 e. The summed E-state index contributed by atoms with van der Waals surface area (Å²) < 4.78 is 4.87. The Kier molecular flexibility index (Phi) is 4.19. The molecule has 78 valence electrons. The largest absolute Gasteiger partial charge is 0.472 e. The van der Waals surface area contributed by atoms with E-state index in [2.05, 4.69) is 5.32 Å². The van der Waals surface area contributed by atoms with Crippen LogP contribution in [0.25, 0.3) is 0 Å². The fourth-order valence-electron chi connectivity index (χ4n) is 1.16. The quantitative estimate of drug-likeness (QED) is 0.738. The first kappa shape index (κ1) is 10.8. The number of rotatable bonds is 5. The van der Waals surface area contributed by atoms with Crippen LogP contribution < -0.4 is 11.1 Å². The van der Waals surface area contributed by atoms with Crippen molar-refractivity contribution in [2.75, 3.05) is 0 Å². The number of hydrogen-bond donors (Lipinski definition) is 2. The lowest BCUT2D eigenvalue weighted by Gasteiger charge is -2.09. The molecular formula is C10H16N2O2. The Hall–Kier alpha value is -1.29. The lowest BCUT2D eigenvalue weighted by molar-refractivity contribution is -0.122. The zero-order chi connectivity index (χ0) is 10.4. The fourth-order valence-corrected chi connectivity index (χ4v) is 1.16. The van der Waals surface area contributed by atoms with Crippen molar-refractivity contribution in [2.45, 2.75) is 32.4 Å². The summed E-state index contributed by atoms with van der Waals surface area (Å²) in [6, 6.07) is 1.41.